The second kappa shape index (κ2) is 8.50. The van der Waals surface area contributed by atoms with E-state index in [1.54, 1.807) is 24.3 Å². The van der Waals surface area contributed by atoms with E-state index in [0.29, 0.717) is 30.8 Å². The third-order valence-electron chi connectivity index (χ3n) is 4.94. The normalized spacial score (nSPS) is 14.8. The number of carbonyl (C=O) groups excluding carboxylic acids is 1. The van der Waals surface area contributed by atoms with Crippen LogP contribution in [0.4, 0.5) is 24.4 Å². The summed E-state index contributed by atoms with van der Waals surface area (Å²) in [6, 6.07) is 8.32. The first-order valence-corrected chi connectivity index (χ1v) is 12.6. The number of amides is 2. The predicted octanol–water partition coefficient (Wildman–Crippen LogP) is 4.64. The Morgan fingerprint density at radius 2 is 1.78 bits per heavy atom. The van der Waals surface area contributed by atoms with Crippen LogP contribution in [0.2, 0.25) is 0 Å². The third kappa shape index (κ3) is 4.27. The minimum absolute atomic E-state index is 0.0241. The number of halogens is 3. The minimum Gasteiger partial charge on any atom is -0.294 e. The highest BCUT2D eigenvalue weighted by molar-refractivity contribution is 9.10. The molecule has 1 aromatic heterocycles. The fourth-order valence-electron chi connectivity index (χ4n) is 3.48. The van der Waals surface area contributed by atoms with E-state index in [0.717, 1.165) is 23.5 Å². The van der Waals surface area contributed by atoms with Crippen LogP contribution in [0.3, 0.4) is 0 Å². The van der Waals surface area contributed by atoms with Gasteiger partial charge in [-0.1, -0.05) is 23.5 Å². The number of benzene rings is 2. The van der Waals surface area contributed by atoms with Crippen molar-refractivity contribution >= 4 is 54.1 Å². The zero-order valence-electron chi connectivity index (χ0n) is 16.7. The lowest BCUT2D eigenvalue weighted by Crippen LogP contribution is -2.49. The first-order valence-electron chi connectivity index (χ1n) is 9.40. The SMILES string of the molecule is Cc1nc(N2CCCN(c3ccc(-c4cc(F)cc(Br)c4F)cc3)C2=O)sc1S(N)(=O)=O. The monoisotopic (exact) mass is 542 g/mol. The lowest BCUT2D eigenvalue weighted by atomic mass is 10.0. The number of hydrogen-bond donors (Lipinski definition) is 1. The molecule has 0 spiro atoms. The molecule has 12 heteroatoms. The maximum absolute atomic E-state index is 14.4. The van der Waals surface area contributed by atoms with Gasteiger partial charge in [-0.3, -0.25) is 9.80 Å². The Hall–Kier alpha value is -2.41. The van der Waals surface area contributed by atoms with Gasteiger partial charge in [-0.15, -0.1) is 0 Å². The molecule has 1 fully saturated rings. The van der Waals surface area contributed by atoms with Gasteiger partial charge in [-0.05, 0) is 59.1 Å². The second-order valence-electron chi connectivity index (χ2n) is 7.15. The van der Waals surface area contributed by atoms with Crippen molar-refractivity contribution in [1.29, 1.82) is 0 Å². The highest BCUT2D eigenvalue weighted by Gasteiger charge is 2.31. The number of primary sulfonamides is 1. The topological polar surface area (TPSA) is 96.6 Å². The largest absolute Gasteiger partial charge is 0.330 e. The smallest absolute Gasteiger partial charge is 0.294 e. The Labute approximate surface area is 195 Å². The second-order valence-corrected chi connectivity index (χ2v) is 10.7. The number of urea groups is 1. The van der Waals surface area contributed by atoms with Crippen LogP contribution in [0.1, 0.15) is 12.1 Å². The maximum atomic E-state index is 14.4. The summed E-state index contributed by atoms with van der Waals surface area (Å²) in [7, 11) is -3.93. The number of nitrogens with two attached hydrogens (primary N) is 1. The molecule has 0 saturated carbocycles. The molecule has 2 aromatic carbocycles. The van der Waals surface area contributed by atoms with Crippen LogP contribution in [0, 0.1) is 18.6 Å². The van der Waals surface area contributed by atoms with Crippen molar-refractivity contribution < 1.29 is 22.0 Å². The molecule has 2 heterocycles. The number of aromatic nitrogens is 1. The Morgan fingerprint density at radius 3 is 2.41 bits per heavy atom. The average molecular weight is 543 g/mol. The van der Waals surface area contributed by atoms with Crippen molar-refractivity contribution in [2.45, 2.75) is 17.6 Å². The van der Waals surface area contributed by atoms with Gasteiger partial charge < -0.3 is 0 Å². The van der Waals surface area contributed by atoms with Gasteiger partial charge in [0.15, 0.2) is 9.34 Å². The van der Waals surface area contributed by atoms with Crippen molar-refractivity contribution in [1.82, 2.24) is 4.98 Å². The number of carbonyl (C=O) groups is 1. The van der Waals surface area contributed by atoms with Crippen LogP contribution in [0.5, 0.6) is 0 Å². The molecule has 1 saturated heterocycles. The van der Waals surface area contributed by atoms with E-state index in [2.05, 4.69) is 20.9 Å². The number of thiazole rings is 1. The molecule has 0 bridgehead atoms. The van der Waals surface area contributed by atoms with E-state index in [1.165, 1.54) is 16.7 Å². The molecular weight excluding hydrogens is 526 g/mol. The number of sulfonamides is 1. The van der Waals surface area contributed by atoms with Crippen LogP contribution in [-0.2, 0) is 10.0 Å². The first kappa shape index (κ1) is 22.8. The van der Waals surface area contributed by atoms with E-state index >= 15 is 0 Å². The third-order valence-corrected chi connectivity index (χ3v) is 8.25. The molecule has 0 radical (unpaired) electrons. The summed E-state index contributed by atoms with van der Waals surface area (Å²) in [5, 5.41) is 5.47. The van der Waals surface area contributed by atoms with Gasteiger partial charge in [0.05, 0.1) is 10.2 Å². The Morgan fingerprint density at radius 1 is 1.12 bits per heavy atom. The molecule has 2 amide bonds. The van der Waals surface area contributed by atoms with Crippen LogP contribution in [-0.4, -0.2) is 32.5 Å². The lowest BCUT2D eigenvalue weighted by molar-refractivity contribution is 0.248. The van der Waals surface area contributed by atoms with E-state index in [9.17, 15) is 22.0 Å². The van der Waals surface area contributed by atoms with Gasteiger partial charge >= 0.3 is 6.03 Å². The number of nitrogens with zero attached hydrogens (tertiary/aromatic N) is 3. The molecule has 2 N–H and O–H groups in total. The Bertz CT molecular complexity index is 1310. The van der Waals surface area contributed by atoms with Crippen molar-refractivity contribution in [2.75, 3.05) is 22.9 Å². The van der Waals surface area contributed by atoms with Gasteiger partial charge in [-0.2, -0.15) is 0 Å². The van der Waals surface area contributed by atoms with E-state index in [-0.39, 0.29) is 31.1 Å². The fourth-order valence-corrected chi connectivity index (χ4v) is 5.88. The predicted molar refractivity (Wildman–Crippen MR) is 122 cm³/mol. The first-order chi connectivity index (χ1) is 15.1. The molecule has 1 aliphatic heterocycles. The van der Waals surface area contributed by atoms with Crippen molar-refractivity contribution in [3.05, 3.63) is 58.2 Å². The van der Waals surface area contributed by atoms with Gasteiger partial charge in [0.1, 0.15) is 11.6 Å². The van der Waals surface area contributed by atoms with E-state index in [4.69, 9.17) is 5.14 Å². The molecule has 0 unspecified atom stereocenters. The summed E-state index contributed by atoms with van der Waals surface area (Å²) in [5.41, 5.74) is 1.37. The standard InChI is InChI=1S/C20H17BrF2N4O3S2/c1-11-18(32(24,29)30)31-19(25-11)27-8-2-7-26(20(27)28)14-5-3-12(4-6-14)15-9-13(22)10-16(21)17(15)23/h3-6,9-10H,2,7-8H2,1H3,(H2,24,29,30). The average Bonchev–Trinajstić information content (AvgIpc) is 3.13. The summed E-state index contributed by atoms with van der Waals surface area (Å²) in [6.45, 7) is 2.35. The van der Waals surface area contributed by atoms with Crippen LogP contribution < -0.4 is 14.9 Å². The van der Waals surface area contributed by atoms with Gasteiger partial charge in [-0.25, -0.2) is 32.1 Å². The molecule has 32 heavy (non-hydrogen) atoms. The molecule has 7 nitrogen and oxygen atoms in total. The van der Waals surface area contributed by atoms with E-state index < -0.39 is 21.7 Å². The Kier molecular flexibility index (Phi) is 6.05. The molecule has 1 aliphatic rings. The fraction of sp³-hybridized carbons (Fsp3) is 0.200. The molecular formula is C20H17BrF2N4O3S2. The summed E-state index contributed by atoms with van der Waals surface area (Å²) in [4.78, 5) is 20.3. The summed E-state index contributed by atoms with van der Waals surface area (Å²) < 4.78 is 51.5. The van der Waals surface area contributed by atoms with Crippen LogP contribution in [0.15, 0.2) is 45.1 Å². The maximum Gasteiger partial charge on any atom is 0.330 e. The quantitative estimate of drug-likeness (QED) is 0.485. The van der Waals surface area contributed by atoms with Gasteiger partial charge in [0, 0.05) is 24.3 Å². The molecule has 3 aromatic rings. The van der Waals surface area contributed by atoms with Crippen LogP contribution in [0.25, 0.3) is 11.1 Å². The summed E-state index contributed by atoms with van der Waals surface area (Å²) >= 11 is 3.85. The molecule has 4 rings (SSSR count). The van der Waals surface area contributed by atoms with E-state index in [1.807, 2.05) is 0 Å². The highest BCUT2D eigenvalue weighted by atomic mass is 79.9. The van der Waals surface area contributed by atoms with Crippen molar-refractivity contribution in [2.24, 2.45) is 5.14 Å². The molecule has 0 atom stereocenters. The minimum atomic E-state index is -3.93. The number of aryl methyl sites for hydroxylation is 1. The molecule has 168 valence electrons. The van der Waals surface area contributed by atoms with Gasteiger partial charge in [0.25, 0.3) is 0 Å². The Balaban J connectivity index is 1.62. The van der Waals surface area contributed by atoms with Crippen molar-refractivity contribution in [3.8, 4) is 11.1 Å². The summed E-state index contributed by atoms with van der Waals surface area (Å²) in [6.07, 6.45) is 0.627. The zero-order chi connectivity index (χ0) is 23.2. The number of rotatable bonds is 4. The number of anilines is 2. The zero-order valence-corrected chi connectivity index (χ0v) is 19.9. The summed E-state index contributed by atoms with van der Waals surface area (Å²) in [5.74, 6) is -1.15. The number of hydrogen-bond acceptors (Lipinski definition) is 5. The highest BCUT2D eigenvalue weighted by Crippen LogP contribution is 2.34. The van der Waals surface area contributed by atoms with Crippen molar-refractivity contribution in [3.63, 3.8) is 0 Å². The van der Waals surface area contributed by atoms with Gasteiger partial charge in [0.2, 0.25) is 10.0 Å². The molecule has 0 aliphatic carbocycles. The van der Waals surface area contributed by atoms with Crippen LogP contribution >= 0.6 is 27.3 Å². The lowest BCUT2D eigenvalue weighted by Gasteiger charge is -2.34.